The Kier molecular flexibility index (Phi) is 7.34. The largest absolute Gasteiger partial charge is 0.490 e. The molecule has 0 saturated heterocycles. The number of anilines is 1. The van der Waals surface area contributed by atoms with Gasteiger partial charge in [-0.25, -0.2) is 4.98 Å². The van der Waals surface area contributed by atoms with Gasteiger partial charge in [0.2, 0.25) is 5.82 Å². The normalized spacial score (nSPS) is 11.0. The fourth-order valence-corrected chi connectivity index (χ4v) is 3.92. The van der Waals surface area contributed by atoms with E-state index in [4.69, 9.17) is 9.47 Å². The molecule has 0 spiro atoms. The Labute approximate surface area is 204 Å². The van der Waals surface area contributed by atoms with Crippen LogP contribution in [0.15, 0.2) is 82.5 Å². The van der Waals surface area contributed by atoms with Crippen molar-refractivity contribution in [3.8, 4) is 11.5 Å². The van der Waals surface area contributed by atoms with E-state index in [9.17, 15) is 10.1 Å². The van der Waals surface area contributed by atoms with Gasteiger partial charge in [0.15, 0.2) is 11.5 Å². The molecule has 4 aromatic rings. The second kappa shape index (κ2) is 10.8. The lowest BCUT2D eigenvalue weighted by molar-refractivity contribution is -0.384. The molecule has 0 fully saturated rings. The Balaban J connectivity index is 1.51. The van der Waals surface area contributed by atoms with Crippen LogP contribution in [0.1, 0.15) is 18.1 Å². The third-order valence-electron chi connectivity index (χ3n) is 4.90. The third kappa shape index (κ3) is 5.49. The topological polar surface area (TPSA) is 98.9 Å². The molecule has 0 amide bonds. The predicted octanol–water partition coefficient (Wildman–Crippen LogP) is 6.33. The first kappa shape index (κ1) is 23.2. The molecule has 8 nitrogen and oxygen atoms in total. The molecule has 0 aliphatic rings. The Morgan fingerprint density at radius 3 is 2.71 bits per heavy atom. The number of hydrazone groups is 1. The molecule has 1 aromatic heterocycles. The van der Waals surface area contributed by atoms with E-state index in [1.54, 1.807) is 6.07 Å². The number of nitrogens with zero attached hydrogens (tertiary/aromatic N) is 3. The van der Waals surface area contributed by atoms with Crippen LogP contribution >= 0.6 is 15.9 Å². The summed E-state index contributed by atoms with van der Waals surface area (Å²) in [5.41, 5.74) is 4.21. The molecule has 4 rings (SSSR count). The maximum Gasteiger partial charge on any atom is 0.313 e. The van der Waals surface area contributed by atoms with Crippen LogP contribution in [0.2, 0.25) is 0 Å². The number of aromatic nitrogens is 1. The second-order valence-electron chi connectivity index (χ2n) is 7.23. The molecule has 0 aliphatic heterocycles. The number of benzene rings is 3. The zero-order chi connectivity index (χ0) is 23.9. The first-order valence-corrected chi connectivity index (χ1v) is 11.3. The van der Waals surface area contributed by atoms with Crippen LogP contribution in [-0.4, -0.2) is 22.7 Å². The number of rotatable bonds is 9. The highest BCUT2D eigenvalue weighted by atomic mass is 79.9. The van der Waals surface area contributed by atoms with Crippen molar-refractivity contribution in [2.24, 2.45) is 5.10 Å². The quantitative estimate of drug-likeness (QED) is 0.157. The SMILES string of the molecule is CCOc1cc(/C=N\Nc2ncccc2[N+](=O)[O-])cc(Br)c1OCc1ccc2ccccc2c1. The summed E-state index contributed by atoms with van der Waals surface area (Å²) in [7, 11) is 0. The van der Waals surface area contributed by atoms with Gasteiger partial charge in [0.25, 0.3) is 0 Å². The van der Waals surface area contributed by atoms with Crippen molar-refractivity contribution in [2.45, 2.75) is 13.5 Å². The standard InChI is InChI=1S/C25H21BrN4O4/c1-2-33-23-14-18(15-28-29-25-22(30(31)32)8-5-11-27-25)13-21(26)24(23)34-16-17-9-10-19-6-3-4-7-20(19)12-17/h3-15H,2,16H2,1H3,(H,27,29)/b28-15-. The van der Waals surface area contributed by atoms with E-state index >= 15 is 0 Å². The van der Waals surface area contributed by atoms with E-state index in [2.05, 4.69) is 55.7 Å². The Morgan fingerprint density at radius 2 is 1.91 bits per heavy atom. The first-order valence-electron chi connectivity index (χ1n) is 10.5. The molecule has 1 N–H and O–H groups in total. The van der Waals surface area contributed by atoms with Crippen LogP contribution in [0.4, 0.5) is 11.5 Å². The van der Waals surface area contributed by atoms with Crippen LogP contribution in [-0.2, 0) is 6.61 Å². The molecule has 0 unspecified atom stereocenters. The van der Waals surface area contributed by atoms with Crippen molar-refractivity contribution < 1.29 is 14.4 Å². The molecule has 3 aromatic carbocycles. The zero-order valence-electron chi connectivity index (χ0n) is 18.3. The van der Waals surface area contributed by atoms with Gasteiger partial charge in [-0.2, -0.15) is 5.10 Å². The summed E-state index contributed by atoms with van der Waals surface area (Å²) in [6, 6.07) is 20.9. The van der Waals surface area contributed by atoms with E-state index in [0.29, 0.717) is 34.7 Å². The smallest absolute Gasteiger partial charge is 0.313 e. The van der Waals surface area contributed by atoms with Gasteiger partial charge in [0.05, 0.1) is 22.2 Å². The average molecular weight is 521 g/mol. The van der Waals surface area contributed by atoms with E-state index in [1.807, 2.05) is 31.2 Å². The first-order chi connectivity index (χ1) is 16.5. The van der Waals surface area contributed by atoms with Crippen molar-refractivity contribution in [3.63, 3.8) is 0 Å². The lowest BCUT2D eigenvalue weighted by Gasteiger charge is -2.15. The number of hydrogen-bond acceptors (Lipinski definition) is 7. The van der Waals surface area contributed by atoms with Crippen molar-refractivity contribution in [2.75, 3.05) is 12.0 Å². The van der Waals surface area contributed by atoms with Gasteiger partial charge in [0, 0.05) is 12.3 Å². The molecule has 0 bridgehead atoms. The highest BCUT2D eigenvalue weighted by molar-refractivity contribution is 9.10. The van der Waals surface area contributed by atoms with Crippen molar-refractivity contribution in [1.29, 1.82) is 0 Å². The molecule has 0 atom stereocenters. The molecule has 1 heterocycles. The van der Waals surface area contributed by atoms with Crippen molar-refractivity contribution >= 4 is 44.4 Å². The maximum atomic E-state index is 11.1. The molecule has 0 aliphatic carbocycles. The maximum absolute atomic E-state index is 11.1. The van der Waals surface area contributed by atoms with Crippen LogP contribution < -0.4 is 14.9 Å². The summed E-state index contributed by atoms with van der Waals surface area (Å²) in [5, 5.41) is 17.5. The summed E-state index contributed by atoms with van der Waals surface area (Å²) < 4.78 is 12.6. The summed E-state index contributed by atoms with van der Waals surface area (Å²) in [5.74, 6) is 1.20. The number of fused-ring (bicyclic) bond motifs is 1. The van der Waals surface area contributed by atoms with Gasteiger partial charge >= 0.3 is 5.69 Å². The fourth-order valence-electron chi connectivity index (χ4n) is 3.35. The van der Waals surface area contributed by atoms with Crippen LogP contribution in [0, 0.1) is 10.1 Å². The van der Waals surface area contributed by atoms with E-state index in [0.717, 1.165) is 10.9 Å². The summed E-state index contributed by atoms with van der Waals surface area (Å²) >= 11 is 3.56. The average Bonchev–Trinajstić information content (AvgIpc) is 2.84. The van der Waals surface area contributed by atoms with Gasteiger partial charge in [-0.05, 0) is 69.0 Å². The molecule has 172 valence electrons. The molecular weight excluding hydrogens is 500 g/mol. The Hall–Kier alpha value is -3.98. The minimum absolute atomic E-state index is 0.0585. The van der Waals surface area contributed by atoms with E-state index in [-0.39, 0.29) is 11.5 Å². The van der Waals surface area contributed by atoms with Gasteiger partial charge in [-0.3, -0.25) is 15.5 Å². The Bertz CT molecular complexity index is 1360. The molecule has 0 radical (unpaired) electrons. The number of nitro groups is 1. The van der Waals surface area contributed by atoms with Crippen LogP contribution in [0.5, 0.6) is 11.5 Å². The molecular formula is C25H21BrN4O4. The lowest BCUT2D eigenvalue weighted by atomic mass is 10.1. The van der Waals surface area contributed by atoms with Crippen molar-refractivity contribution in [1.82, 2.24) is 4.98 Å². The number of nitrogens with one attached hydrogen (secondary N) is 1. The van der Waals surface area contributed by atoms with Gasteiger partial charge in [-0.15, -0.1) is 0 Å². The van der Waals surface area contributed by atoms with Crippen LogP contribution in [0.3, 0.4) is 0 Å². The number of hydrogen-bond donors (Lipinski definition) is 1. The fraction of sp³-hybridized carbons (Fsp3) is 0.120. The minimum atomic E-state index is -0.518. The van der Waals surface area contributed by atoms with E-state index < -0.39 is 4.92 Å². The molecule has 0 saturated carbocycles. The Morgan fingerprint density at radius 1 is 1.09 bits per heavy atom. The zero-order valence-corrected chi connectivity index (χ0v) is 19.9. The summed E-state index contributed by atoms with van der Waals surface area (Å²) in [6.45, 7) is 2.73. The third-order valence-corrected chi connectivity index (χ3v) is 5.48. The number of pyridine rings is 1. The number of halogens is 1. The van der Waals surface area contributed by atoms with Crippen molar-refractivity contribution in [3.05, 3.63) is 98.6 Å². The van der Waals surface area contributed by atoms with Gasteiger partial charge in [-0.1, -0.05) is 36.4 Å². The van der Waals surface area contributed by atoms with Gasteiger partial charge < -0.3 is 9.47 Å². The second-order valence-corrected chi connectivity index (χ2v) is 8.09. The van der Waals surface area contributed by atoms with Crippen LogP contribution in [0.25, 0.3) is 10.8 Å². The molecule has 34 heavy (non-hydrogen) atoms. The number of ether oxygens (including phenoxy) is 2. The molecule has 9 heteroatoms. The minimum Gasteiger partial charge on any atom is -0.490 e. The predicted molar refractivity (Wildman–Crippen MR) is 136 cm³/mol. The highest BCUT2D eigenvalue weighted by Gasteiger charge is 2.14. The van der Waals surface area contributed by atoms with E-state index in [1.165, 1.54) is 29.9 Å². The summed E-state index contributed by atoms with van der Waals surface area (Å²) in [4.78, 5) is 14.6. The monoisotopic (exact) mass is 520 g/mol. The van der Waals surface area contributed by atoms with Gasteiger partial charge in [0.1, 0.15) is 6.61 Å². The summed E-state index contributed by atoms with van der Waals surface area (Å²) in [6.07, 6.45) is 2.98. The lowest BCUT2D eigenvalue weighted by Crippen LogP contribution is -2.02. The highest BCUT2D eigenvalue weighted by Crippen LogP contribution is 2.37.